The fourth-order valence-electron chi connectivity index (χ4n) is 2.89. The van der Waals surface area contributed by atoms with Gasteiger partial charge in [-0.3, -0.25) is 9.59 Å². The first-order chi connectivity index (χ1) is 10.5. The molecule has 1 aliphatic heterocycles. The number of hydrogen-bond donors (Lipinski definition) is 2. The second-order valence-corrected chi connectivity index (χ2v) is 6.57. The molecule has 2 heterocycles. The molecule has 0 radical (unpaired) electrons. The van der Waals surface area contributed by atoms with E-state index < -0.39 is 0 Å². The summed E-state index contributed by atoms with van der Waals surface area (Å²) in [7, 11) is 0. The first-order valence-electron chi connectivity index (χ1n) is 8.14. The molecule has 120 valence electrons. The third kappa shape index (κ3) is 3.31. The molecule has 6 nitrogen and oxygen atoms in total. The van der Waals surface area contributed by atoms with E-state index in [-0.39, 0.29) is 17.7 Å². The maximum Gasteiger partial charge on any atom is 0.289 e. The second kappa shape index (κ2) is 6.10. The predicted octanol–water partition coefficient (Wildman–Crippen LogP) is 1.40. The number of aromatic amines is 1. The smallest absolute Gasteiger partial charge is 0.289 e. The van der Waals surface area contributed by atoms with E-state index in [4.69, 9.17) is 0 Å². The van der Waals surface area contributed by atoms with Crippen LogP contribution < -0.4 is 5.32 Å². The van der Waals surface area contributed by atoms with Crippen molar-refractivity contribution in [2.75, 3.05) is 19.6 Å². The number of carbonyl (C=O) groups is 2. The lowest BCUT2D eigenvalue weighted by atomic mass is 9.97. The summed E-state index contributed by atoms with van der Waals surface area (Å²) >= 11 is 0. The molecule has 0 bridgehead atoms. The van der Waals surface area contributed by atoms with Crippen LogP contribution in [0.2, 0.25) is 0 Å². The van der Waals surface area contributed by atoms with Gasteiger partial charge in [0.05, 0.1) is 11.6 Å². The summed E-state index contributed by atoms with van der Waals surface area (Å²) in [6.45, 7) is 5.77. The first kappa shape index (κ1) is 15.1. The van der Waals surface area contributed by atoms with Crippen molar-refractivity contribution < 1.29 is 9.59 Å². The number of piperidine rings is 1. The van der Waals surface area contributed by atoms with Gasteiger partial charge in [-0.05, 0) is 45.4 Å². The zero-order valence-corrected chi connectivity index (χ0v) is 13.3. The summed E-state index contributed by atoms with van der Waals surface area (Å²) in [5.41, 5.74) is 1.76. The van der Waals surface area contributed by atoms with E-state index in [9.17, 15) is 9.59 Å². The Bertz CT molecular complexity index is 557. The normalized spacial score (nSPS) is 21.7. The van der Waals surface area contributed by atoms with Crippen molar-refractivity contribution in [1.29, 1.82) is 0 Å². The molecule has 2 N–H and O–H groups in total. The molecule has 0 spiro atoms. The quantitative estimate of drug-likeness (QED) is 0.882. The average molecular weight is 304 g/mol. The number of rotatable bonds is 4. The number of aryl methyl sites for hydroxylation is 2. The summed E-state index contributed by atoms with van der Waals surface area (Å²) < 4.78 is 0. The van der Waals surface area contributed by atoms with E-state index in [1.165, 1.54) is 12.8 Å². The number of nitrogens with zero attached hydrogens (tertiary/aromatic N) is 2. The Kier molecular flexibility index (Phi) is 4.18. The molecule has 1 saturated heterocycles. The van der Waals surface area contributed by atoms with E-state index in [1.54, 1.807) is 4.90 Å². The van der Waals surface area contributed by atoms with Gasteiger partial charge in [-0.1, -0.05) is 0 Å². The van der Waals surface area contributed by atoms with Gasteiger partial charge in [0.1, 0.15) is 0 Å². The average Bonchev–Trinajstić information content (AvgIpc) is 3.29. The largest absolute Gasteiger partial charge is 0.356 e. The Morgan fingerprint density at radius 1 is 1.32 bits per heavy atom. The van der Waals surface area contributed by atoms with Crippen molar-refractivity contribution in [3.63, 3.8) is 0 Å². The number of hydrogen-bond acceptors (Lipinski definition) is 3. The lowest BCUT2D eigenvalue weighted by Gasteiger charge is -2.31. The summed E-state index contributed by atoms with van der Waals surface area (Å²) in [5.74, 6) is 0.967. The third-order valence-electron chi connectivity index (χ3n) is 4.67. The summed E-state index contributed by atoms with van der Waals surface area (Å²) in [6.07, 6.45) is 4.18. The van der Waals surface area contributed by atoms with Gasteiger partial charge in [-0.25, -0.2) is 4.98 Å². The number of likely N-dealkylation sites (tertiary alicyclic amines) is 1. The summed E-state index contributed by atoms with van der Waals surface area (Å²) in [6, 6.07) is 0. The molecule has 1 saturated carbocycles. The molecule has 22 heavy (non-hydrogen) atoms. The number of nitrogens with one attached hydrogen (secondary N) is 2. The Hall–Kier alpha value is -1.85. The van der Waals surface area contributed by atoms with Crippen LogP contribution in [0.3, 0.4) is 0 Å². The predicted molar refractivity (Wildman–Crippen MR) is 82.4 cm³/mol. The number of amides is 2. The van der Waals surface area contributed by atoms with Crippen molar-refractivity contribution >= 4 is 11.8 Å². The zero-order valence-electron chi connectivity index (χ0n) is 13.3. The van der Waals surface area contributed by atoms with E-state index >= 15 is 0 Å². The molecule has 6 heteroatoms. The number of imidazole rings is 1. The molecular formula is C16H24N4O2. The molecule has 3 rings (SSSR count). The molecule has 1 unspecified atom stereocenters. The van der Waals surface area contributed by atoms with Crippen LogP contribution in [0, 0.1) is 25.7 Å². The second-order valence-electron chi connectivity index (χ2n) is 6.57. The first-order valence-corrected chi connectivity index (χ1v) is 8.14. The molecule has 2 amide bonds. The highest BCUT2D eigenvalue weighted by Gasteiger charge is 2.31. The van der Waals surface area contributed by atoms with Crippen molar-refractivity contribution in [2.45, 2.75) is 39.5 Å². The van der Waals surface area contributed by atoms with E-state index in [1.807, 2.05) is 13.8 Å². The highest BCUT2D eigenvalue weighted by molar-refractivity contribution is 5.91. The lowest BCUT2D eigenvalue weighted by Crippen LogP contribution is -2.46. The summed E-state index contributed by atoms with van der Waals surface area (Å²) in [4.78, 5) is 33.8. The van der Waals surface area contributed by atoms with Crippen LogP contribution in [-0.2, 0) is 4.79 Å². The molecule has 1 atom stereocenters. The highest BCUT2D eigenvalue weighted by Crippen LogP contribution is 2.28. The van der Waals surface area contributed by atoms with Gasteiger partial charge >= 0.3 is 0 Å². The fourth-order valence-corrected chi connectivity index (χ4v) is 2.89. The Morgan fingerprint density at radius 2 is 2.09 bits per heavy atom. The van der Waals surface area contributed by atoms with E-state index in [2.05, 4.69) is 15.3 Å². The Balaban J connectivity index is 1.59. The van der Waals surface area contributed by atoms with Crippen molar-refractivity contribution in [3.8, 4) is 0 Å². The fraction of sp³-hybridized carbons (Fsp3) is 0.688. The Labute approximate surface area is 130 Å². The third-order valence-corrected chi connectivity index (χ3v) is 4.67. The van der Waals surface area contributed by atoms with Crippen LogP contribution in [0.15, 0.2) is 0 Å². The van der Waals surface area contributed by atoms with Crippen LogP contribution in [0.1, 0.15) is 47.7 Å². The molecule has 2 aliphatic rings. The maximum absolute atomic E-state index is 12.5. The molecular weight excluding hydrogens is 280 g/mol. The van der Waals surface area contributed by atoms with Crippen molar-refractivity contribution in [2.24, 2.45) is 11.8 Å². The van der Waals surface area contributed by atoms with Gasteiger partial charge in [0, 0.05) is 25.3 Å². The number of H-pyrrole nitrogens is 1. The highest BCUT2D eigenvalue weighted by atomic mass is 16.2. The van der Waals surface area contributed by atoms with E-state index in [0.29, 0.717) is 24.8 Å². The minimum Gasteiger partial charge on any atom is -0.356 e. The standard InChI is InChI=1S/C16H24N4O2/c1-10-11(2)19-14(18-10)16(22)20-7-3-4-13(9-20)15(21)17-8-12-5-6-12/h12-13H,3-9H2,1-2H3,(H,17,21)(H,18,19). The minimum atomic E-state index is -0.101. The number of aromatic nitrogens is 2. The molecule has 1 aromatic rings. The van der Waals surface area contributed by atoms with Gasteiger partial charge < -0.3 is 15.2 Å². The van der Waals surface area contributed by atoms with Gasteiger partial charge in [-0.15, -0.1) is 0 Å². The van der Waals surface area contributed by atoms with Crippen LogP contribution >= 0.6 is 0 Å². The maximum atomic E-state index is 12.5. The van der Waals surface area contributed by atoms with Crippen LogP contribution in [0.4, 0.5) is 0 Å². The topological polar surface area (TPSA) is 78.1 Å². The number of carbonyl (C=O) groups excluding carboxylic acids is 2. The van der Waals surface area contributed by atoms with Crippen LogP contribution in [-0.4, -0.2) is 46.3 Å². The minimum absolute atomic E-state index is 0.0893. The SMILES string of the molecule is Cc1nc(C(=O)N2CCCC(C(=O)NCC3CC3)C2)[nH]c1C. The van der Waals surface area contributed by atoms with Crippen molar-refractivity contribution in [1.82, 2.24) is 20.2 Å². The van der Waals surface area contributed by atoms with E-state index in [0.717, 1.165) is 30.8 Å². The van der Waals surface area contributed by atoms with Crippen LogP contribution in [0.5, 0.6) is 0 Å². The van der Waals surface area contributed by atoms with Gasteiger partial charge in [0.2, 0.25) is 5.91 Å². The molecule has 2 fully saturated rings. The molecule has 1 aromatic heterocycles. The van der Waals surface area contributed by atoms with Crippen LogP contribution in [0.25, 0.3) is 0 Å². The lowest BCUT2D eigenvalue weighted by molar-refractivity contribution is -0.126. The summed E-state index contributed by atoms with van der Waals surface area (Å²) in [5, 5.41) is 3.03. The van der Waals surface area contributed by atoms with Crippen molar-refractivity contribution in [3.05, 3.63) is 17.2 Å². The molecule has 0 aromatic carbocycles. The van der Waals surface area contributed by atoms with Gasteiger partial charge in [-0.2, -0.15) is 0 Å². The molecule has 1 aliphatic carbocycles. The Morgan fingerprint density at radius 3 is 2.73 bits per heavy atom. The zero-order chi connectivity index (χ0) is 15.7. The monoisotopic (exact) mass is 304 g/mol. The van der Waals surface area contributed by atoms with Gasteiger partial charge in [0.25, 0.3) is 5.91 Å². The van der Waals surface area contributed by atoms with Gasteiger partial charge in [0.15, 0.2) is 5.82 Å².